The lowest BCUT2D eigenvalue weighted by molar-refractivity contribution is 0.519. The zero-order valence-electron chi connectivity index (χ0n) is 9.78. The molecule has 2 rings (SSSR count). The molecule has 0 aliphatic heterocycles. The van der Waals surface area contributed by atoms with Gasteiger partial charge in [-0.2, -0.15) is 0 Å². The summed E-state index contributed by atoms with van der Waals surface area (Å²) >= 11 is 1.69. The molecule has 0 aromatic carbocycles. The average molecular weight is 236 g/mol. The highest BCUT2D eigenvalue weighted by Crippen LogP contribution is 2.21. The van der Waals surface area contributed by atoms with E-state index in [1.807, 2.05) is 27.2 Å². The maximum Gasteiger partial charge on any atom is 0.101 e. The molecule has 0 saturated carbocycles. The molecule has 4 heteroatoms. The lowest BCUT2D eigenvalue weighted by Gasteiger charge is -2.12. The maximum atomic E-state index is 5.33. The third-order valence-corrected chi connectivity index (χ3v) is 3.40. The van der Waals surface area contributed by atoms with Crippen molar-refractivity contribution in [3.63, 3.8) is 0 Å². The fourth-order valence-corrected chi connectivity index (χ4v) is 2.37. The molecule has 2 aromatic heterocycles. The number of hydrogen-bond donors (Lipinski definition) is 1. The Bertz CT molecular complexity index is 461. The van der Waals surface area contributed by atoms with Gasteiger partial charge in [0.25, 0.3) is 0 Å². The average Bonchev–Trinajstić information content (AvgIpc) is 2.84. The first-order chi connectivity index (χ1) is 7.69. The van der Waals surface area contributed by atoms with Gasteiger partial charge in [0.05, 0.1) is 17.0 Å². The molecule has 0 saturated heterocycles. The predicted molar refractivity (Wildman–Crippen MR) is 65.8 cm³/mol. The van der Waals surface area contributed by atoms with Gasteiger partial charge in [0, 0.05) is 23.4 Å². The SMILES string of the molecule is CNC(Cc1csc(C)n1)c1coc(C)c1. The molecule has 0 bridgehead atoms. The molecule has 16 heavy (non-hydrogen) atoms. The van der Waals surface area contributed by atoms with Crippen molar-refractivity contribution >= 4 is 11.3 Å². The van der Waals surface area contributed by atoms with E-state index >= 15 is 0 Å². The van der Waals surface area contributed by atoms with Crippen LogP contribution in [0.25, 0.3) is 0 Å². The molecular formula is C12H16N2OS. The summed E-state index contributed by atoms with van der Waals surface area (Å²) in [5, 5.41) is 6.53. The smallest absolute Gasteiger partial charge is 0.101 e. The van der Waals surface area contributed by atoms with Crippen molar-refractivity contribution in [3.8, 4) is 0 Å². The van der Waals surface area contributed by atoms with E-state index < -0.39 is 0 Å². The largest absolute Gasteiger partial charge is 0.469 e. The Morgan fingerprint density at radius 1 is 1.50 bits per heavy atom. The number of nitrogens with one attached hydrogen (secondary N) is 1. The second-order valence-corrected chi connectivity index (χ2v) is 4.96. The molecule has 0 radical (unpaired) electrons. The van der Waals surface area contributed by atoms with Gasteiger partial charge < -0.3 is 9.73 Å². The Labute approximate surface area is 99.5 Å². The number of aryl methyl sites for hydroxylation is 2. The zero-order chi connectivity index (χ0) is 11.5. The lowest BCUT2D eigenvalue weighted by atomic mass is 10.1. The normalized spacial score (nSPS) is 12.9. The summed E-state index contributed by atoms with van der Waals surface area (Å²) in [5.74, 6) is 0.949. The molecule has 1 atom stereocenters. The summed E-state index contributed by atoms with van der Waals surface area (Å²) in [6.45, 7) is 3.99. The summed E-state index contributed by atoms with van der Waals surface area (Å²) in [5.41, 5.74) is 2.33. The van der Waals surface area contributed by atoms with Gasteiger partial charge in [-0.05, 0) is 27.0 Å². The molecule has 0 aliphatic rings. The van der Waals surface area contributed by atoms with E-state index in [4.69, 9.17) is 4.42 Å². The number of hydrogen-bond acceptors (Lipinski definition) is 4. The molecule has 2 heterocycles. The van der Waals surface area contributed by atoms with Crippen LogP contribution in [0, 0.1) is 13.8 Å². The molecule has 1 unspecified atom stereocenters. The van der Waals surface area contributed by atoms with Crippen LogP contribution in [0.3, 0.4) is 0 Å². The van der Waals surface area contributed by atoms with Gasteiger partial charge in [-0.25, -0.2) is 4.98 Å². The Kier molecular flexibility index (Phi) is 3.41. The molecular weight excluding hydrogens is 220 g/mol. The lowest BCUT2D eigenvalue weighted by Crippen LogP contribution is -2.18. The Morgan fingerprint density at radius 2 is 2.31 bits per heavy atom. The highest BCUT2D eigenvalue weighted by molar-refractivity contribution is 7.09. The van der Waals surface area contributed by atoms with E-state index in [0.29, 0.717) is 0 Å². The minimum atomic E-state index is 0.277. The van der Waals surface area contributed by atoms with Gasteiger partial charge in [-0.3, -0.25) is 0 Å². The van der Waals surface area contributed by atoms with Crippen LogP contribution in [0.5, 0.6) is 0 Å². The van der Waals surface area contributed by atoms with E-state index in [1.54, 1.807) is 11.3 Å². The monoisotopic (exact) mass is 236 g/mol. The van der Waals surface area contributed by atoms with Crippen molar-refractivity contribution in [3.05, 3.63) is 39.7 Å². The second kappa shape index (κ2) is 4.80. The van der Waals surface area contributed by atoms with E-state index in [1.165, 1.54) is 5.56 Å². The first-order valence-electron chi connectivity index (χ1n) is 5.32. The van der Waals surface area contributed by atoms with Crippen LogP contribution in [0.4, 0.5) is 0 Å². The number of thiazole rings is 1. The molecule has 1 N–H and O–H groups in total. The summed E-state index contributed by atoms with van der Waals surface area (Å²) in [7, 11) is 1.96. The second-order valence-electron chi connectivity index (χ2n) is 3.89. The zero-order valence-corrected chi connectivity index (χ0v) is 10.6. The quantitative estimate of drug-likeness (QED) is 0.887. The Morgan fingerprint density at radius 3 is 2.81 bits per heavy atom. The van der Waals surface area contributed by atoms with Gasteiger partial charge in [-0.1, -0.05) is 0 Å². The molecule has 2 aromatic rings. The highest BCUT2D eigenvalue weighted by Gasteiger charge is 2.13. The van der Waals surface area contributed by atoms with Crippen molar-refractivity contribution in [2.75, 3.05) is 7.05 Å². The van der Waals surface area contributed by atoms with Crippen molar-refractivity contribution < 1.29 is 4.42 Å². The predicted octanol–water partition coefficient (Wildman–Crippen LogP) is 2.86. The Balaban J connectivity index is 2.12. The number of nitrogens with zero attached hydrogens (tertiary/aromatic N) is 1. The number of aromatic nitrogens is 1. The fourth-order valence-electron chi connectivity index (χ4n) is 1.74. The first kappa shape index (κ1) is 11.4. The molecule has 0 spiro atoms. The van der Waals surface area contributed by atoms with Crippen LogP contribution in [0.1, 0.15) is 28.1 Å². The van der Waals surface area contributed by atoms with E-state index in [-0.39, 0.29) is 6.04 Å². The van der Waals surface area contributed by atoms with Gasteiger partial charge in [0.15, 0.2) is 0 Å². The fraction of sp³-hybridized carbons (Fsp3) is 0.417. The standard InChI is InChI=1S/C12H16N2OS/c1-8-4-10(6-15-8)12(13-3)5-11-7-16-9(2)14-11/h4,6-7,12-13H,5H2,1-3H3. The number of likely N-dealkylation sites (N-methyl/N-ethyl adjacent to an activating group) is 1. The van der Waals surface area contributed by atoms with Crippen LogP contribution < -0.4 is 5.32 Å². The van der Waals surface area contributed by atoms with Crippen LogP contribution in [0.2, 0.25) is 0 Å². The van der Waals surface area contributed by atoms with Crippen LogP contribution in [-0.4, -0.2) is 12.0 Å². The van der Waals surface area contributed by atoms with Gasteiger partial charge in [0.2, 0.25) is 0 Å². The van der Waals surface area contributed by atoms with Gasteiger partial charge in [-0.15, -0.1) is 11.3 Å². The summed E-state index contributed by atoms with van der Waals surface area (Å²) in [6.07, 6.45) is 2.72. The van der Waals surface area contributed by atoms with Crippen molar-refractivity contribution in [2.24, 2.45) is 0 Å². The van der Waals surface area contributed by atoms with Gasteiger partial charge in [0.1, 0.15) is 5.76 Å². The molecule has 0 aliphatic carbocycles. The van der Waals surface area contributed by atoms with Crippen LogP contribution >= 0.6 is 11.3 Å². The van der Waals surface area contributed by atoms with Crippen molar-refractivity contribution in [1.82, 2.24) is 10.3 Å². The van der Waals surface area contributed by atoms with E-state index in [2.05, 4.69) is 21.7 Å². The third kappa shape index (κ3) is 2.51. The Hall–Kier alpha value is -1.13. The molecule has 86 valence electrons. The summed E-state index contributed by atoms with van der Waals surface area (Å²) < 4.78 is 5.33. The maximum absolute atomic E-state index is 5.33. The minimum Gasteiger partial charge on any atom is -0.469 e. The minimum absolute atomic E-state index is 0.277. The first-order valence-corrected chi connectivity index (χ1v) is 6.20. The van der Waals surface area contributed by atoms with Gasteiger partial charge >= 0.3 is 0 Å². The van der Waals surface area contributed by atoms with Crippen LogP contribution in [0.15, 0.2) is 22.1 Å². The molecule has 3 nitrogen and oxygen atoms in total. The third-order valence-electron chi connectivity index (χ3n) is 2.58. The van der Waals surface area contributed by atoms with Crippen molar-refractivity contribution in [2.45, 2.75) is 26.3 Å². The van der Waals surface area contributed by atoms with E-state index in [0.717, 1.165) is 22.9 Å². The number of furan rings is 1. The molecule has 0 fully saturated rings. The summed E-state index contributed by atoms with van der Waals surface area (Å²) in [6, 6.07) is 2.35. The van der Waals surface area contributed by atoms with Crippen molar-refractivity contribution in [1.29, 1.82) is 0 Å². The number of rotatable bonds is 4. The highest BCUT2D eigenvalue weighted by atomic mass is 32.1. The summed E-state index contributed by atoms with van der Waals surface area (Å²) in [4.78, 5) is 4.48. The van der Waals surface area contributed by atoms with E-state index in [9.17, 15) is 0 Å². The molecule has 0 amide bonds. The van der Waals surface area contributed by atoms with Crippen LogP contribution in [-0.2, 0) is 6.42 Å². The topological polar surface area (TPSA) is 38.1 Å².